The molecule has 0 bridgehead atoms. The molecular formula is C14H26. The van der Waals surface area contributed by atoms with Crippen molar-refractivity contribution in [1.82, 2.24) is 0 Å². The van der Waals surface area contributed by atoms with Crippen LogP contribution in [0.25, 0.3) is 0 Å². The lowest BCUT2D eigenvalue weighted by Crippen LogP contribution is -2.18. The maximum absolute atomic E-state index is 1.56. The predicted octanol–water partition coefficient (Wildman–Crippen LogP) is 4.93. The second kappa shape index (κ2) is 5.78. The first-order chi connectivity index (χ1) is 6.97. The minimum atomic E-state index is 1.12. The largest absolute Gasteiger partial charge is 0.0533 e. The minimum Gasteiger partial charge on any atom is -0.0533 e. The quantitative estimate of drug-likeness (QED) is 0.513. The Balaban J connectivity index is 1.89. The van der Waals surface area contributed by atoms with Gasteiger partial charge >= 0.3 is 0 Å². The minimum absolute atomic E-state index is 1.12. The molecule has 2 aliphatic rings. The molecule has 0 aromatic carbocycles. The third-order valence-corrected chi connectivity index (χ3v) is 4.47. The third kappa shape index (κ3) is 3.00. The lowest BCUT2D eigenvalue weighted by molar-refractivity contribution is 0.211. The summed E-state index contributed by atoms with van der Waals surface area (Å²) < 4.78 is 0. The van der Waals surface area contributed by atoms with Crippen molar-refractivity contribution < 1.29 is 0 Å². The van der Waals surface area contributed by atoms with Gasteiger partial charge in [-0.05, 0) is 11.8 Å². The standard InChI is InChI=1S/C14H26/c1-2-6-10-14-12-8-4-3-7-11-13(14)9-5-1/h13-14H,1-12H2. The highest BCUT2D eigenvalue weighted by Gasteiger charge is 2.23. The Morgan fingerprint density at radius 3 is 0.929 bits per heavy atom. The van der Waals surface area contributed by atoms with E-state index in [1.165, 1.54) is 51.4 Å². The lowest BCUT2D eigenvalue weighted by Gasteiger charge is -2.31. The average molecular weight is 194 g/mol. The van der Waals surface area contributed by atoms with Gasteiger partial charge in [0.1, 0.15) is 0 Å². The van der Waals surface area contributed by atoms with E-state index in [-0.39, 0.29) is 0 Å². The summed E-state index contributed by atoms with van der Waals surface area (Å²) in [6.07, 6.45) is 18.4. The van der Waals surface area contributed by atoms with Crippen molar-refractivity contribution in [2.24, 2.45) is 11.8 Å². The van der Waals surface area contributed by atoms with Crippen LogP contribution in [0.15, 0.2) is 0 Å². The number of hydrogen-bond acceptors (Lipinski definition) is 0. The fraction of sp³-hybridized carbons (Fsp3) is 1.00. The normalized spacial score (nSPS) is 36.0. The van der Waals surface area contributed by atoms with E-state index in [1.54, 1.807) is 25.7 Å². The van der Waals surface area contributed by atoms with Crippen LogP contribution in [0.5, 0.6) is 0 Å². The Labute approximate surface area is 89.5 Å². The summed E-state index contributed by atoms with van der Waals surface area (Å²) in [7, 11) is 0. The molecule has 0 spiro atoms. The molecule has 0 aliphatic heterocycles. The molecule has 82 valence electrons. The van der Waals surface area contributed by atoms with Crippen molar-refractivity contribution in [1.29, 1.82) is 0 Å². The molecule has 0 aromatic rings. The molecule has 14 heavy (non-hydrogen) atoms. The summed E-state index contributed by atoms with van der Waals surface area (Å²) >= 11 is 0. The van der Waals surface area contributed by atoms with Crippen LogP contribution in [0.4, 0.5) is 0 Å². The molecule has 0 heterocycles. The molecule has 0 amide bonds. The number of rotatable bonds is 0. The van der Waals surface area contributed by atoms with Crippen molar-refractivity contribution >= 4 is 0 Å². The Bertz CT molecular complexity index is 116. The molecule has 0 radical (unpaired) electrons. The highest BCUT2D eigenvalue weighted by molar-refractivity contribution is 4.75. The molecule has 2 rings (SSSR count). The zero-order chi connectivity index (χ0) is 9.64. The SMILES string of the molecule is C1CCCC2CCCCCCC2CC1. The molecule has 0 atom stereocenters. The molecule has 0 heteroatoms. The van der Waals surface area contributed by atoms with E-state index in [2.05, 4.69) is 0 Å². The summed E-state index contributed by atoms with van der Waals surface area (Å²) in [5, 5.41) is 0. The smallest absolute Gasteiger partial charge is 0.0386 e. The van der Waals surface area contributed by atoms with Crippen LogP contribution in [-0.2, 0) is 0 Å². The van der Waals surface area contributed by atoms with E-state index < -0.39 is 0 Å². The topological polar surface area (TPSA) is 0 Å². The van der Waals surface area contributed by atoms with Gasteiger partial charge in [0.05, 0.1) is 0 Å². The number of fused-ring (bicyclic) bond motifs is 1. The Morgan fingerprint density at radius 2 is 0.643 bits per heavy atom. The highest BCUT2D eigenvalue weighted by Crippen LogP contribution is 2.36. The molecule has 0 saturated heterocycles. The van der Waals surface area contributed by atoms with E-state index in [0.717, 1.165) is 11.8 Å². The monoisotopic (exact) mass is 194 g/mol. The first-order valence-corrected chi connectivity index (χ1v) is 6.97. The van der Waals surface area contributed by atoms with E-state index in [0.29, 0.717) is 0 Å². The van der Waals surface area contributed by atoms with Gasteiger partial charge in [-0.15, -0.1) is 0 Å². The van der Waals surface area contributed by atoms with Crippen LogP contribution < -0.4 is 0 Å². The van der Waals surface area contributed by atoms with E-state index >= 15 is 0 Å². The van der Waals surface area contributed by atoms with Crippen LogP contribution in [0.3, 0.4) is 0 Å². The zero-order valence-corrected chi connectivity index (χ0v) is 9.64. The lowest BCUT2D eigenvalue weighted by atomic mass is 9.75. The van der Waals surface area contributed by atoms with Gasteiger partial charge in [-0.1, -0.05) is 77.0 Å². The van der Waals surface area contributed by atoms with Gasteiger partial charge in [0.25, 0.3) is 0 Å². The molecular weight excluding hydrogens is 168 g/mol. The summed E-state index contributed by atoms with van der Waals surface area (Å²) in [5.41, 5.74) is 0. The van der Waals surface area contributed by atoms with Crippen molar-refractivity contribution in [3.63, 3.8) is 0 Å². The summed E-state index contributed by atoms with van der Waals surface area (Å²) in [6.45, 7) is 0. The van der Waals surface area contributed by atoms with E-state index in [9.17, 15) is 0 Å². The Hall–Kier alpha value is 0. The second-order valence-corrected chi connectivity index (χ2v) is 5.50. The molecule has 2 aliphatic carbocycles. The Kier molecular flexibility index (Phi) is 4.34. The molecule has 0 nitrogen and oxygen atoms in total. The first-order valence-electron chi connectivity index (χ1n) is 6.97. The Morgan fingerprint density at radius 1 is 0.357 bits per heavy atom. The second-order valence-electron chi connectivity index (χ2n) is 5.50. The maximum atomic E-state index is 1.56. The van der Waals surface area contributed by atoms with E-state index in [4.69, 9.17) is 0 Å². The van der Waals surface area contributed by atoms with Crippen molar-refractivity contribution in [2.75, 3.05) is 0 Å². The molecule has 2 saturated carbocycles. The van der Waals surface area contributed by atoms with Crippen LogP contribution in [0.1, 0.15) is 77.0 Å². The summed E-state index contributed by atoms with van der Waals surface area (Å²) in [6, 6.07) is 0. The molecule has 2 fully saturated rings. The van der Waals surface area contributed by atoms with Crippen molar-refractivity contribution in [3.8, 4) is 0 Å². The fourth-order valence-corrected chi connectivity index (χ4v) is 3.56. The van der Waals surface area contributed by atoms with E-state index in [1.807, 2.05) is 0 Å². The maximum Gasteiger partial charge on any atom is -0.0386 e. The van der Waals surface area contributed by atoms with Gasteiger partial charge in [0.15, 0.2) is 0 Å². The van der Waals surface area contributed by atoms with Crippen molar-refractivity contribution in [2.45, 2.75) is 77.0 Å². The van der Waals surface area contributed by atoms with Crippen LogP contribution in [0.2, 0.25) is 0 Å². The van der Waals surface area contributed by atoms with Gasteiger partial charge in [-0.25, -0.2) is 0 Å². The first kappa shape index (κ1) is 10.5. The molecule has 0 unspecified atom stereocenters. The fourth-order valence-electron chi connectivity index (χ4n) is 3.56. The molecule has 0 N–H and O–H groups in total. The van der Waals surface area contributed by atoms with Crippen LogP contribution in [0, 0.1) is 11.8 Å². The van der Waals surface area contributed by atoms with Crippen LogP contribution in [-0.4, -0.2) is 0 Å². The van der Waals surface area contributed by atoms with Gasteiger partial charge in [0, 0.05) is 0 Å². The predicted molar refractivity (Wildman–Crippen MR) is 62.4 cm³/mol. The van der Waals surface area contributed by atoms with Gasteiger partial charge in [0.2, 0.25) is 0 Å². The molecule has 0 aromatic heterocycles. The summed E-state index contributed by atoms with van der Waals surface area (Å²) in [5.74, 6) is 2.24. The van der Waals surface area contributed by atoms with Gasteiger partial charge < -0.3 is 0 Å². The van der Waals surface area contributed by atoms with Gasteiger partial charge in [-0.2, -0.15) is 0 Å². The third-order valence-electron chi connectivity index (χ3n) is 4.47. The average Bonchev–Trinajstić information content (AvgIpc) is 2.13. The van der Waals surface area contributed by atoms with Gasteiger partial charge in [-0.3, -0.25) is 0 Å². The van der Waals surface area contributed by atoms with Crippen LogP contribution >= 0.6 is 0 Å². The highest BCUT2D eigenvalue weighted by atomic mass is 14.3. The summed E-state index contributed by atoms with van der Waals surface area (Å²) in [4.78, 5) is 0. The number of hydrogen-bond donors (Lipinski definition) is 0. The van der Waals surface area contributed by atoms with Crippen molar-refractivity contribution in [3.05, 3.63) is 0 Å². The zero-order valence-electron chi connectivity index (χ0n) is 9.64.